The number of hydrogen-bond donors (Lipinski definition) is 2. The van der Waals surface area contributed by atoms with Gasteiger partial charge in [-0.2, -0.15) is 0 Å². The Balaban J connectivity index is 1.75. The van der Waals surface area contributed by atoms with Crippen LogP contribution < -0.4 is 10.6 Å². The second kappa shape index (κ2) is 11.0. The molecule has 0 aliphatic carbocycles. The predicted molar refractivity (Wildman–Crippen MR) is 128 cm³/mol. The number of ketones is 1. The van der Waals surface area contributed by atoms with Gasteiger partial charge in [-0.15, -0.1) is 0 Å². The normalized spacial score (nSPS) is 12.2. The van der Waals surface area contributed by atoms with Crippen molar-refractivity contribution in [3.05, 3.63) is 101 Å². The Morgan fingerprint density at radius 1 is 0.824 bits per heavy atom. The molecule has 0 aromatic heterocycles. The topological polar surface area (TPSA) is 102 Å². The first-order valence-corrected chi connectivity index (χ1v) is 10.8. The van der Waals surface area contributed by atoms with Gasteiger partial charge in [0.1, 0.15) is 6.04 Å². The standard InChI is InChI=1S/C27H26N2O5/c1-17-9-7-13-22(15-17)25(31)28-18(2)27(33)34-24(20-10-5-4-6-11-20)26(32)29-23-14-8-12-21(16-23)19(3)30/h4-16,18,24H,1-3H3,(H,28,31)(H,29,32)/t18-,24?/m0/s1. The molecule has 2 atom stereocenters. The van der Waals surface area contributed by atoms with Gasteiger partial charge >= 0.3 is 5.97 Å². The minimum Gasteiger partial charge on any atom is -0.446 e. The van der Waals surface area contributed by atoms with Crippen molar-refractivity contribution in [1.29, 1.82) is 0 Å². The lowest BCUT2D eigenvalue weighted by Gasteiger charge is -2.21. The van der Waals surface area contributed by atoms with Crippen LogP contribution in [0.4, 0.5) is 5.69 Å². The summed E-state index contributed by atoms with van der Waals surface area (Å²) in [5.74, 6) is -1.91. The van der Waals surface area contributed by atoms with Gasteiger partial charge in [0.25, 0.3) is 11.8 Å². The third kappa shape index (κ3) is 6.38. The highest BCUT2D eigenvalue weighted by atomic mass is 16.5. The van der Waals surface area contributed by atoms with E-state index in [4.69, 9.17) is 4.74 Å². The van der Waals surface area contributed by atoms with E-state index in [2.05, 4.69) is 10.6 Å². The van der Waals surface area contributed by atoms with Crippen molar-refractivity contribution in [2.45, 2.75) is 32.9 Å². The van der Waals surface area contributed by atoms with Crippen LogP contribution in [0.25, 0.3) is 0 Å². The van der Waals surface area contributed by atoms with Crippen LogP contribution in [0, 0.1) is 6.92 Å². The van der Waals surface area contributed by atoms with Crippen LogP contribution in [-0.4, -0.2) is 29.6 Å². The number of benzene rings is 3. The number of anilines is 1. The summed E-state index contributed by atoms with van der Waals surface area (Å²) in [4.78, 5) is 50.0. The SMILES string of the molecule is CC(=O)c1cccc(NC(=O)C(OC(=O)[C@H](C)NC(=O)c2cccc(C)c2)c2ccccc2)c1. The second-order valence-corrected chi connectivity index (χ2v) is 7.92. The smallest absolute Gasteiger partial charge is 0.329 e. The molecule has 2 N–H and O–H groups in total. The maximum absolute atomic E-state index is 13.1. The summed E-state index contributed by atoms with van der Waals surface area (Å²) in [6.45, 7) is 4.79. The largest absolute Gasteiger partial charge is 0.446 e. The van der Waals surface area contributed by atoms with Crippen LogP contribution in [-0.2, 0) is 14.3 Å². The molecule has 2 amide bonds. The van der Waals surface area contributed by atoms with Gasteiger partial charge in [0, 0.05) is 22.4 Å². The fraction of sp³-hybridized carbons (Fsp3) is 0.185. The summed E-state index contributed by atoms with van der Waals surface area (Å²) in [6.07, 6.45) is -1.26. The monoisotopic (exact) mass is 458 g/mol. The number of esters is 1. The van der Waals surface area contributed by atoms with E-state index in [0.29, 0.717) is 22.4 Å². The molecule has 7 nitrogen and oxygen atoms in total. The van der Waals surface area contributed by atoms with Gasteiger partial charge in [-0.25, -0.2) is 4.79 Å². The van der Waals surface area contributed by atoms with E-state index < -0.39 is 29.9 Å². The average molecular weight is 459 g/mol. The maximum Gasteiger partial charge on any atom is 0.329 e. The summed E-state index contributed by atoms with van der Waals surface area (Å²) < 4.78 is 5.54. The van der Waals surface area contributed by atoms with E-state index in [9.17, 15) is 19.2 Å². The van der Waals surface area contributed by atoms with Crippen molar-refractivity contribution in [1.82, 2.24) is 5.32 Å². The summed E-state index contributed by atoms with van der Waals surface area (Å²) in [5.41, 5.74) is 2.64. The zero-order valence-electron chi connectivity index (χ0n) is 19.2. The molecule has 1 unspecified atom stereocenters. The minimum atomic E-state index is -1.26. The number of aryl methyl sites for hydroxylation is 1. The Labute approximate surface area is 198 Å². The zero-order chi connectivity index (χ0) is 24.7. The molecule has 3 rings (SSSR count). The molecule has 0 heterocycles. The highest BCUT2D eigenvalue weighted by Crippen LogP contribution is 2.21. The summed E-state index contributed by atoms with van der Waals surface area (Å²) >= 11 is 0. The van der Waals surface area contributed by atoms with E-state index >= 15 is 0 Å². The van der Waals surface area contributed by atoms with Gasteiger partial charge < -0.3 is 15.4 Å². The minimum absolute atomic E-state index is 0.139. The molecule has 34 heavy (non-hydrogen) atoms. The molecule has 0 aliphatic heterocycles. The summed E-state index contributed by atoms with van der Waals surface area (Å²) in [6, 6.07) is 21.0. The molecule has 0 bridgehead atoms. The molecule has 174 valence electrons. The number of rotatable bonds is 8. The number of amides is 2. The molecular weight excluding hydrogens is 432 g/mol. The molecule has 3 aromatic rings. The summed E-state index contributed by atoms with van der Waals surface area (Å²) in [7, 11) is 0. The molecule has 0 radical (unpaired) electrons. The van der Waals surface area contributed by atoms with E-state index in [1.54, 1.807) is 72.8 Å². The number of ether oxygens (including phenoxy) is 1. The number of carbonyl (C=O) groups excluding carboxylic acids is 4. The van der Waals surface area contributed by atoms with Gasteiger partial charge in [0.15, 0.2) is 5.78 Å². The first-order chi connectivity index (χ1) is 16.2. The quantitative estimate of drug-likeness (QED) is 0.388. The first kappa shape index (κ1) is 24.4. The molecule has 0 aliphatic rings. The Morgan fingerprint density at radius 3 is 2.18 bits per heavy atom. The molecular formula is C27H26N2O5. The van der Waals surface area contributed by atoms with Gasteiger partial charge in [-0.1, -0.05) is 60.2 Å². The molecule has 0 fully saturated rings. The highest BCUT2D eigenvalue weighted by Gasteiger charge is 2.28. The van der Waals surface area contributed by atoms with E-state index in [0.717, 1.165) is 5.56 Å². The van der Waals surface area contributed by atoms with Crippen molar-refractivity contribution >= 4 is 29.3 Å². The Bertz CT molecular complexity index is 1210. The third-order valence-electron chi connectivity index (χ3n) is 5.09. The van der Waals surface area contributed by atoms with Crippen molar-refractivity contribution in [2.75, 3.05) is 5.32 Å². The number of carbonyl (C=O) groups is 4. The lowest BCUT2D eigenvalue weighted by molar-refractivity contribution is -0.156. The third-order valence-corrected chi connectivity index (χ3v) is 5.09. The van der Waals surface area contributed by atoms with Gasteiger partial charge in [-0.3, -0.25) is 14.4 Å². The Hall–Kier alpha value is -4.26. The van der Waals surface area contributed by atoms with Crippen LogP contribution in [0.1, 0.15) is 51.8 Å². The number of Topliss-reactive ketones (excluding diaryl/α,β-unsaturated/α-hetero) is 1. The molecule has 0 saturated heterocycles. The highest BCUT2D eigenvalue weighted by molar-refractivity contribution is 6.00. The van der Waals surface area contributed by atoms with Crippen LogP contribution in [0.15, 0.2) is 78.9 Å². The van der Waals surface area contributed by atoms with E-state index in [1.165, 1.54) is 13.8 Å². The number of nitrogens with one attached hydrogen (secondary N) is 2. The maximum atomic E-state index is 13.1. The van der Waals surface area contributed by atoms with Crippen LogP contribution in [0.2, 0.25) is 0 Å². The fourth-order valence-corrected chi connectivity index (χ4v) is 3.27. The van der Waals surface area contributed by atoms with Crippen LogP contribution in [0.5, 0.6) is 0 Å². The first-order valence-electron chi connectivity index (χ1n) is 10.8. The average Bonchev–Trinajstić information content (AvgIpc) is 2.82. The Kier molecular flexibility index (Phi) is 7.92. The van der Waals surface area contributed by atoms with Gasteiger partial charge in [-0.05, 0) is 45.0 Å². The van der Waals surface area contributed by atoms with Crippen molar-refractivity contribution in [3.63, 3.8) is 0 Å². The molecule has 3 aromatic carbocycles. The zero-order valence-corrected chi connectivity index (χ0v) is 19.2. The van der Waals surface area contributed by atoms with Crippen molar-refractivity contribution < 1.29 is 23.9 Å². The van der Waals surface area contributed by atoms with Crippen molar-refractivity contribution in [2.24, 2.45) is 0 Å². The number of hydrogen-bond acceptors (Lipinski definition) is 5. The van der Waals surface area contributed by atoms with Crippen LogP contribution >= 0.6 is 0 Å². The van der Waals surface area contributed by atoms with Gasteiger partial charge in [0.05, 0.1) is 0 Å². The van der Waals surface area contributed by atoms with Crippen molar-refractivity contribution in [3.8, 4) is 0 Å². The summed E-state index contributed by atoms with van der Waals surface area (Å²) in [5, 5.41) is 5.30. The second-order valence-electron chi connectivity index (χ2n) is 7.92. The lowest BCUT2D eigenvalue weighted by Crippen LogP contribution is -2.41. The van der Waals surface area contributed by atoms with E-state index in [1.807, 2.05) is 13.0 Å². The Morgan fingerprint density at radius 2 is 1.50 bits per heavy atom. The lowest BCUT2D eigenvalue weighted by atomic mass is 10.1. The van der Waals surface area contributed by atoms with Gasteiger partial charge in [0.2, 0.25) is 6.10 Å². The predicted octanol–water partition coefficient (Wildman–Crippen LogP) is 4.24. The van der Waals surface area contributed by atoms with E-state index in [-0.39, 0.29) is 5.78 Å². The molecule has 0 spiro atoms. The van der Waals surface area contributed by atoms with Crippen LogP contribution in [0.3, 0.4) is 0 Å². The molecule has 0 saturated carbocycles. The fourth-order valence-electron chi connectivity index (χ4n) is 3.27. The molecule has 7 heteroatoms.